The van der Waals surface area contributed by atoms with Gasteiger partial charge in [0.05, 0.1) is 5.69 Å². The Morgan fingerprint density at radius 1 is 0.700 bits per heavy atom. The van der Waals surface area contributed by atoms with Crippen LogP contribution >= 0.6 is 0 Å². The van der Waals surface area contributed by atoms with Crippen molar-refractivity contribution in [2.24, 2.45) is 0 Å². The van der Waals surface area contributed by atoms with E-state index in [1.807, 2.05) is 59.5 Å². The van der Waals surface area contributed by atoms with Crippen molar-refractivity contribution in [2.45, 2.75) is 0 Å². The molecule has 1 amide bonds. The number of hydrogen-bond donors (Lipinski definition) is 0. The molecule has 0 radical (unpaired) electrons. The normalized spacial score (nSPS) is 14.1. The van der Waals surface area contributed by atoms with Gasteiger partial charge in [0.2, 0.25) is 0 Å². The van der Waals surface area contributed by atoms with E-state index in [1.54, 1.807) is 0 Å². The molecule has 1 saturated heterocycles. The van der Waals surface area contributed by atoms with Crippen molar-refractivity contribution in [3.8, 4) is 11.3 Å². The van der Waals surface area contributed by atoms with E-state index in [0.717, 1.165) is 35.7 Å². The van der Waals surface area contributed by atoms with Crippen molar-refractivity contribution < 1.29 is 4.79 Å². The lowest BCUT2D eigenvalue weighted by Crippen LogP contribution is -2.49. The van der Waals surface area contributed by atoms with Crippen molar-refractivity contribution in [3.63, 3.8) is 0 Å². The Morgan fingerprint density at radius 2 is 1.43 bits per heavy atom. The molecule has 0 saturated carbocycles. The van der Waals surface area contributed by atoms with Gasteiger partial charge in [-0.05, 0) is 35.0 Å². The molecule has 5 heteroatoms. The van der Waals surface area contributed by atoms with Crippen LogP contribution < -0.4 is 4.90 Å². The minimum atomic E-state index is 0.0904. The quantitative estimate of drug-likeness (QED) is 0.521. The summed E-state index contributed by atoms with van der Waals surface area (Å²) in [6.45, 7) is 2.86. The number of amides is 1. The molecule has 4 aromatic rings. The molecule has 0 bridgehead atoms. The third kappa shape index (κ3) is 3.50. The summed E-state index contributed by atoms with van der Waals surface area (Å²) in [4.78, 5) is 16.7. The van der Waals surface area contributed by atoms with Gasteiger partial charge in [-0.15, -0.1) is 10.2 Å². The summed E-state index contributed by atoms with van der Waals surface area (Å²) in [5.74, 6) is 0.943. The van der Waals surface area contributed by atoms with Crippen LogP contribution in [0.15, 0.2) is 84.9 Å². The van der Waals surface area contributed by atoms with Crippen LogP contribution in [0.3, 0.4) is 0 Å². The number of benzene rings is 3. The van der Waals surface area contributed by atoms with Crippen molar-refractivity contribution in [1.82, 2.24) is 15.1 Å². The average molecular weight is 394 g/mol. The standard InChI is InChI=1S/C25H22N4O/c30-25(20-8-2-1-3-9-20)29-17-15-28(16-18-29)24-14-13-23(26-27-24)22-12-6-10-19-7-4-5-11-21(19)22/h1-14H,15-18H2. The molecule has 1 aromatic heterocycles. The monoisotopic (exact) mass is 394 g/mol. The molecule has 5 rings (SSSR count). The summed E-state index contributed by atoms with van der Waals surface area (Å²) in [6.07, 6.45) is 0. The van der Waals surface area contributed by atoms with Crippen LogP contribution in [-0.2, 0) is 0 Å². The van der Waals surface area contributed by atoms with Crippen LogP contribution in [0.5, 0.6) is 0 Å². The third-order valence-electron chi connectivity index (χ3n) is 5.63. The number of piperazine rings is 1. The van der Waals surface area contributed by atoms with E-state index < -0.39 is 0 Å². The predicted octanol–water partition coefficient (Wildman–Crippen LogP) is 4.26. The lowest BCUT2D eigenvalue weighted by atomic mass is 10.0. The summed E-state index contributed by atoms with van der Waals surface area (Å²) in [6, 6.07) is 28.1. The summed E-state index contributed by atoms with van der Waals surface area (Å²) in [5.41, 5.74) is 2.70. The highest BCUT2D eigenvalue weighted by molar-refractivity contribution is 5.96. The van der Waals surface area contributed by atoms with E-state index in [1.165, 1.54) is 10.8 Å². The Kier molecular flexibility index (Phi) is 4.85. The molecular formula is C25H22N4O. The number of carbonyl (C=O) groups excluding carboxylic acids is 1. The second kappa shape index (κ2) is 7.95. The zero-order valence-electron chi connectivity index (χ0n) is 16.6. The molecule has 0 aliphatic carbocycles. The van der Waals surface area contributed by atoms with Gasteiger partial charge in [0.1, 0.15) is 0 Å². The van der Waals surface area contributed by atoms with Gasteiger partial charge in [-0.2, -0.15) is 0 Å². The first-order valence-electron chi connectivity index (χ1n) is 10.2. The van der Waals surface area contributed by atoms with Crippen LogP contribution in [0.25, 0.3) is 22.0 Å². The second-order valence-electron chi connectivity index (χ2n) is 7.45. The van der Waals surface area contributed by atoms with Crippen LogP contribution in [0.2, 0.25) is 0 Å². The van der Waals surface area contributed by atoms with E-state index in [0.29, 0.717) is 13.1 Å². The zero-order chi connectivity index (χ0) is 20.3. The smallest absolute Gasteiger partial charge is 0.253 e. The lowest BCUT2D eigenvalue weighted by molar-refractivity contribution is 0.0746. The van der Waals surface area contributed by atoms with Crippen molar-refractivity contribution in [3.05, 3.63) is 90.5 Å². The van der Waals surface area contributed by atoms with Gasteiger partial charge >= 0.3 is 0 Å². The fourth-order valence-corrected chi connectivity index (χ4v) is 3.99. The molecule has 0 spiro atoms. The molecule has 5 nitrogen and oxygen atoms in total. The van der Waals surface area contributed by atoms with Gasteiger partial charge in [-0.3, -0.25) is 4.79 Å². The number of aromatic nitrogens is 2. The van der Waals surface area contributed by atoms with E-state index in [-0.39, 0.29) is 5.91 Å². The van der Waals surface area contributed by atoms with Gasteiger partial charge in [-0.1, -0.05) is 60.7 Å². The SMILES string of the molecule is O=C(c1ccccc1)N1CCN(c2ccc(-c3cccc4ccccc34)nn2)CC1. The number of carbonyl (C=O) groups is 1. The maximum atomic E-state index is 12.6. The summed E-state index contributed by atoms with van der Waals surface area (Å²) in [5, 5.41) is 11.4. The minimum absolute atomic E-state index is 0.0904. The maximum absolute atomic E-state index is 12.6. The fraction of sp³-hybridized carbons (Fsp3) is 0.160. The number of nitrogens with zero attached hydrogens (tertiary/aromatic N) is 4. The lowest BCUT2D eigenvalue weighted by Gasteiger charge is -2.35. The topological polar surface area (TPSA) is 49.3 Å². The first-order valence-corrected chi connectivity index (χ1v) is 10.2. The molecular weight excluding hydrogens is 372 g/mol. The highest BCUT2D eigenvalue weighted by Crippen LogP contribution is 2.27. The molecule has 1 fully saturated rings. The van der Waals surface area contributed by atoms with Gasteiger partial charge in [-0.25, -0.2) is 0 Å². The van der Waals surface area contributed by atoms with E-state index in [4.69, 9.17) is 0 Å². The Balaban J connectivity index is 1.29. The van der Waals surface area contributed by atoms with Crippen LogP contribution in [0, 0.1) is 0 Å². The van der Waals surface area contributed by atoms with Crippen molar-refractivity contribution >= 4 is 22.5 Å². The number of hydrogen-bond acceptors (Lipinski definition) is 4. The number of rotatable bonds is 3. The number of fused-ring (bicyclic) bond motifs is 1. The Hall–Kier alpha value is -3.73. The van der Waals surface area contributed by atoms with Crippen molar-refractivity contribution in [2.75, 3.05) is 31.1 Å². The minimum Gasteiger partial charge on any atom is -0.352 e. The summed E-state index contributed by atoms with van der Waals surface area (Å²) >= 11 is 0. The highest BCUT2D eigenvalue weighted by Gasteiger charge is 2.23. The molecule has 30 heavy (non-hydrogen) atoms. The van der Waals surface area contributed by atoms with Gasteiger partial charge in [0.25, 0.3) is 5.91 Å². The summed E-state index contributed by atoms with van der Waals surface area (Å²) < 4.78 is 0. The number of anilines is 1. The van der Waals surface area contributed by atoms with Crippen LogP contribution in [0.1, 0.15) is 10.4 Å². The molecule has 0 unspecified atom stereocenters. The molecule has 3 aromatic carbocycles. The molecule has 148 valence electrons. The molecule has 2 heterocycles. The average Bonchev–Trinajstić information content (AvgIpc) is 2.84. The molecule has 0 atom stereocenters. The van der Waals surface area contributed by atoms with E-state index in [9.17, 15) is 4.79 Å². The molecule has 1 aliphatic rings. The predicted molar refractivity (Wildman–Crippen MR) is 120 cm³/mol. The van der Waals surface area contributed by atoms with Crippen LogP contribution in [0.4, 0.5) is 5.82 Å². The van der Waals surface area contributed by atoms with Crippen LogP contribution in [-0.4, -0.2) is 47.2 Å². The Morgan fingerprint density at radius 3 is 2.20 bits per heavy atom. The van der Waals surface area contributed by atoms with Gasteiger partial charge in [0.15, 0.2) is 5.82 Å². The first-order chi connectivity index (χ1) is 14.8. The van der Waals surface area contributed by atoms with E-state index >= 15 is 0 Å². The maximum Gasteiger partial charge on any atom is 0.253 e. The summed E-state index contributed by atoms with van der Waals surface area (Å²) in [7, 11) is 0. The Labute approximate surface area is 175 Å². The second-order valence-corrected chi connectivity index (χ2v) is 7.45. The Bertz CT molecular complexity index is 1160. The molecule has 1 aliphatic heterocycles. The van der Waals surface area contributed by atoms with Crippen molar-refractivity contribution in [1.29, 1.82) is 0 Å². The van der Waals surface area contributed by atoms with E-state index in [2.05, 4.69) is 45.4 Å². The van der Waals surface area contributed by atoms with Gasteiger partial charge in [0, 0.05) is 37.3 Å². The first kappa shape index (κ1) is 18.3. The fourth-order valence-electron chi connectivity index (χ4n) is 3.99. The molecule has 0 N–H and O–H groups in total. The van der Waals surface area contributed by atoms with Gasteiger partial charge < -0.3 is 9.80 Å². The highest BCUT2D eigenvalue weighted by atomic mass is 16.2. The zero-order valence-corrected chi connectivity index (χ0v) is 16.6. The largest absolute Gasteiger partial charge is 0.352 e. The third-order valence-corrected chi connectivity index (χ3v) is 5.63.